The summed E-state index contributed by atoms with van der Waals surface area (Å²) in [7, 11) is 1.80. The van der Waals surface area contributed by atoms with E-state index in [1.54, 1.807) is 0 Å². The number of hydrogen-bond acceptors (Lipinski definition) is 2. The molecule has 2 aliphatic carbocycles. The third kappa shape index (κ3) is 5.77. The fraction of sp³-hybridized carbons (Fsp3) is 0.265. The number of methoxy groups -OCH3 is 2. The summed E-state index contributed by atoms with van der Waals surface area (Å²) in [6.45, 7) is 14.4. The Morgan fingerprint density at radius 1 is 0.453 bits per heavy atom. The number of rotatable bonds is 8. The number of ether oxygens (including phenoxy) is 2. The maximum Gasteiger partial charge on any atom is 0.130 e. The van der Waals surface area contributed by atoms with Gasteiger partial charge in [-0.1, -0.05) is 161 Å². The van der Waals surface area contributed by atoms with Gasteiger partial charge in [-0.3, -0.25) is 0 Å². The molecular formula is C49H50O2P2. The molecule has 2 aliphatic rings. The van der Waals surface area contributed by atoms with Crippen molar-refractivity contribution in [2.45, 2.75) is 70.6 Å². The minimum absolute atomic E-state index is 0.0785. The first kappa shape index (κ1) is 35.8. The van der Waals surface area contributed by atoms with Gasteiger partial charge in [-0.2, -0.15) is 0 Å². The Labute approximate surface area is 319 Å². The minimum atomic E-state index is -0.976. The van der Waals surface area contributed by atoms with E-state index in [0.717, 1.165) is 24.3 Å². The molecule has 0 bridgehead atoms. The molecule has 0 atom stereocenters. The Morgan fingerprint density at radius 2 is 0.736 bits per heavy atom. The Balaban J connectivity index is 1.56. The van der Waals surface area contributed by atoms with Crippen LogP contribution in [0.1, 0.15) is 73.9 Å². The van der Waals surface area contributed by atoms with Crippen LogP contribution in [0.15, 0.2) is 133 Å². The second kappa shape index (κ2) is 13.6. The normalized spacial score (nSPS) is 16.2. The smallest absolute Gasteiger partial charge is 0.130 e. The molecule has 2 nitrogen and oxygen atoms in total. The summed E-state index contributed by atoms with van der Waals surface area (Å²) >= 11 is 0. The largest absolute Gasteiger partial charge is 0.496 e. The van der Waals surface area contributed by atoms with Crippen LogP contribution in [0.25, 0.3) is 0 Å². The SMILES string of the molecule is COc1c(C)cc2c(c1P(c1ccccc1)c1ccccc1)C1(CC2(C)C)CC(C)(C)c2cc(C)c(OC)c(P(c3ccccc3)c3ccccc3)c21. The molecule has 0 unspecified atom stereocenters. The highest BCUT2D eigenvalue weighted by molar-refractivity contribution is 7.80. The van der Waals surface area contributed by atoms with Gasteiger partial charge in [0.15, 0.2) is 0 Å². The number of fused-ring (bicyclic) bond motifs is 4. The van der Waals surface area contributed by atoms with Gasteiger partial charge in [0, 0.05) is 16.0 Å². The highest BCUT2D eigenvalue weighted by Crippen LogP contribution is 2.66. The molecule has 268 valence electrons. The number of hydrogen-bond donors (Lipinski definition) is 0. The van der Waals surface area contributed by atoms with Gasteiger partial charge in [0.05, 0.1) is 14.2 Å². The van der Waals surface area contributed by atoms with Gasteiger partial charge in [-0.05, 0) is 108 Å². The van der Waals surface area contributed by atoms with E-state index in [1.807, 2.05) is 14.2 Å². The summed E-state index contributed by atoms with van der Waals surface area (Å²) in [5.74, 6) is 2.06. The molecule has 6 aromatic carbocycles. The third-order valence-corrected chi connectivity index (χ3v) is 16.7. The van der Waals surface area contributed by atoms with Gasteiger partial charge >= 0.3 is 0 Å². The molecule has 53 heavy (non-hydrogen) atoms. The fourth-order valence-electron chi connectivity index (χ4n) is 9.91. The van der Waals surface area contributed by atoms with E-state index in [1.165, 1.54) is 65.2 Å². The number of benzene rings is 6. The van der Waals surface area contributed by atoms with Crippen molar-refractivity contribution < 1.29 is 9.47 Å². The molecule has 0 aromatic heterocycles. The molecule has 0 N–H and O–H groups in total. The first-order chi connectivity index (χ1) is 25.5. The molecule has 0 aliphatic heterocycles. The first-order valence-electron chi connectivity index (χ1n) is 18.8. The van der Waals surface area contributed by atoms with Crippen molar-refractivity contribution in [3.63, 3.8) is 0 Å². The highest BCUT2D eigenvalue weighted by atomic mass is 31.1. The maximum atomic E-state index is 6.61. The van der Waals surface area contributed by atoms with Crippen LogP contribution in [0.4, 0.5) is 0 Å². The summed E-state index contributed by atoms with van der Waals surface area (Å²) in [5.41, 5.74) is 7.87. The Morgan fingerprint density at radius 3 is 1.00 bits per heavy atom. The summed E-state index contributed by atoms with van der Waals surface area (Å²) in [6.07, 6.45) is 2.04. The van der Waals surface area contributed by atoms with Crippen LogP contribution in [0.5, 0.6) is 11.5 Å². The summed E-state index contributed by atoms with van der Waals surface area (Å²) in [6, 6.07) is 49.7. The summed E-state index contributed by atoms with van der Waals surface area (Å²) in [4.78, 5) is 0. The fourth-order valence-corrected chi connectivity index (χ4v) is 15.5. The molecular weight excluding hydrogens is 682 g/mol. The predicted octanol–water partition coefficient (Wildman–Crippen LogP) is 9.49. The summed E-state index contributed by atoms with van der Waals surface area (Å²) < 4.78 is 13.2. The molecule has 0 saturated carbocycles. The van der Waals surface area contributed by atoms with Gasteiger partial charge in [-0.15, -0.1) is 0 Å². The average Bonchev–Trinajstić information content (AvgIpc) is 3.51. The molecule has 6 aromatic rings. The molecule has 4 heteroatoms. The predicted molar refractivity (Wildman–Crippen MR) is 229 cm³/mol. The highest BCUT2D eigenvalue weighted by Gasteiger charge is 2.60. The lowest BCUT2D eigenvalue weighted by molar-refractivity contribution is 0.350. The lowest BCUT2D eigenvalue weighted by atomic mass is 9.72. The van der Waals surface area contributed by atoms with Gasteiger partial charge in [0.1, 0.15) is 11.5 Å². The second-order valence-electron chi connectivity index (χ2n) is 16.2. The van der Waals surface area contributed by atoms with Crippen LogP contribution < -0.4 is 41.3 Å². The Bertz CT molecular complexity index is 2040. The standard InChI is InChI=1S/C49H50O2P2/c1-33-29-39-41(45(43(33)50-7)52(35-21-13-9-14-22-35)36-23-15-10-16-24-36)49(31-47(39,3)4)32-48(5,6)40-30-34(2)44(51-8)46(42(40)49)53(37-25-17-11-18-26-37)38-27-19-12-20-28-38/h9-30H,31-32H2,1-8H3. The maximum absolute atomic E-state index is 6.61. The van der Waals surface area contributed by atoms with E-state index in [4.69, 9.17) is 9.47 Å². The average molecular weight is 733 g/mol. The molecule has 1 spiro atoms. The zero-order valence-electron chi connectivity index (χ0n) is 32.3. The molecule has 0 heterocycles. The number of aryl methyl sites for hydroxylation is 2. The Kier molecular flexibility index (Phi) is 9.16. The molecule has 8 rings (SSSR count). The van der Waals surface area contributed by atoms with Crippen molar-refractivity contribution in [3.05, 3.63) is 167 Å². The quantitative estimate of drug-likeness (QED) is 0.145. The first-order valence-corrected chi connectivity index (χ1v) is 21.5. The molecule has 0 radical (unpaired) electrons. The van der Waals surface area contributed by atoms with E-state index in [0.29, 0.717) is 0 Å². The van der Waals surface area contributed by atoms with Gasteiger partial charge < -0.3 is 9.47 Å². The van der Waals surface area contributed by atoms with Crippen molar-refractivity contribution in [2.24, 2.45) is 0 Å². The van der Waals surface area contributed by atoms with Gasteiger partial charge in [0.25, 0.3) is 0 Å². The van der Waals surface area contributed by atoms with E-state index < -0.39 is 15.8 Å². The van der Waals surface area contributed by atoms with Gasteiger partial charge in [0.2, 0.25) is 0 Å². The van der Waals surface area contributed by atoms with E-state index in [2.05, 4.69) is 175 Å². The zero-order chi connectivity index (χ0) is 37.1. The lowest BCUT2D eigenvalue weighted by Crippen LogP contribution is -2.37. The van der Waals surface area contributed by atoms with Crippen LogP contribution in [-0.2, 0) is 16.2 Å². The van der Waals surface area contributed by atoms with Crippen molar-refractivity contribution in [1.82, 2.24) is 0 Å². The lowest BCUT2D eigenvalue weighted by Gasteiger charge is -2.37. The van der Waals surface area contributed by atoms with Crippen molar-refractivity contribution in [2.75, 3.05) is 14.2 Å². The van der Waals surface area contributed by atoms with Crippen molar-refractivity contribution in [3.8, 4) is 11.5 Å². The topological polar surface area (TPSA) is 18.5 Å². The summed E-state index contributed by atoms with van der Waals surface area (Å²) in [5, 5.41) is 8.12. The second-order valence-corrected chi connectivity index (χ2v) is 20.5. The minimum Gasteiger partial charge on any atom is -0.496 e. The van der Waals surface area contributed by atoms with Crippen molar-refractivity contribution in [1.29, 1.82) is 0 Å². The van der Waals surface area contributed by atoms with Crippen LogP contribution in [0, 0.1) is 13.8 Å². The molecule has 0 saturated heterocycles. The van der Waals surface area contributed by atoms with Crippen LogP contribution >= 0.6 is 15.8 Å². The van der Waals surface area contributed by atoms with Crippen LogP contribution in [0.3, 0.4) is 0 Å². The van der Waals surface area contributed by atoms with E-state index in [9.17, 15) is 0 Å². The van der Waals surface area contributed by atoms with Gasteiger partial charge in [-0.25, -0.2) is 0 Å². The van der Waals surface area contributed by atoms with Crippen molar-refractivity contribution >= 4 is 47.7 Å². The van der Waals surface area contributed by atoms with E-state index >= 15 is 0 Å². The van der Waals surface area contributed by atoms with E-state index in [-0.39, 0.29) is 16.2 Å². The van der Waals surface area contributed by atoms with Crippen LogP contribution in [0.2, 0.25) is 0 Å². The Hall–Kier alpha value is -4.22. The third-order valence-electron chi connectivity index (χ3n) is 11.7. The molecule has 0 amide bonds. The monoisotopic (exact) mass is 732 g/mol. The molecule has 0 fully saturated rings. The zero-order valence-corrected chi connectivity index (χ0v) is 34.1. The van der Waals surface area contributed by atoms with Crippen LogP contribution in [-0.4, -0.2) is 14.2 Å².